The lowest BCUT2D eigenvalue weighted by Crippen LogP contribution is -2.72. The van der Waals surface area contributed by atoms with Gasteiger partial charge in [-0.15, -0.1) is 0 Å². The third kappa shape index (κ3) is 2.01. The van der Waals surface area contributed by atoms with Gasteiger partial charge in [0.25, 0.3) is 0 Å². The Bertz CT molecular complexity index is 432. The number of hydrogen-bond acceptors (Lipinski definition) is 2. The van der Waals surface area contributed by atoms with Crippen LogP contribution in [0.5, 0.6) is 0 Å². The molecule has 0 radical (unpaired) electrons. The van der Waals surface area contributed by atoms with Gasteiger partial charge in [0.1, 0.15) is 0 Å². The Balaban J connectivity index is 1.46. The van der Waals surface area contributed by atoms with Crippen molar-refractivity contribution in [1.82, 2.24) is 10.2 Å². The van der Waals surface area contributed by atoms with E-state index in [-0.39, 0.29) is 0 Å². The fourth-order valence-electron chi connectivity index (χ4n) is 5.27. The van der Waals surface area contributed by atoms with Crippen molar-refractivity contribution in [2.24, 2.45) is 22.2 Å². The number of nitrogens with zero attached hydrogens (tertiary/aromatic N) is 2. The van der Waals surface area contributed by atoms with Gasteiger partial charge in [-0.25, -0.2) is 0 Å². The molecule has 4 nitrogen and oxygen atoms in total. The van der Waals surface area contributed by atoms with Crippen LogP contribution in [-0.2, 0) is 4.74 Å². The first-order chi connectivity index (χ1) is 10.2. The predicted molar refractivity (Wildman–Crippen MR) is 84.4 cm³/mol. The van der Waals surface area contributed by atoms with Crippen molar-refractivity contribution < 1.29 is 4.74 Å². The first-order valence-corrected chi connectivity index (χ1v) is 8.84. The molecule has 4 aliphatic rings. The molecule has 4 heteroatoms. The van der Waals surface area contributed by atoms with Gasteiger partial charge in [0.05, 0.1) is 6.10 Å². The van der Waals surface area contributed by atoms with Crippen LogP contribution in [0.4, 0.5) is 0 Å². The van der Waals surface area contributed by atoms with E-state index in [1.807, 2.05) is 7.05 Å². The molecule has 2 heterocycles. The Morgan fingerprint density at radius 2 is 2.14 bits per heavy atom. The first kappa shape index (κ1) is 13.9. The SMILES string of the molecule is CN=C(NC1C2CCOC2C12CCC2)N1CCCC(C)C1. The fraction of sp³-hybridized carbons (Fsp3) is 0.941. The number of nitrogens with one attached hydrogen (secondary N) is 1. The van der Waals surface area contributed by atoms with Gasteiger partial charge in [-0.2, -0.15) is 0 Å². The molecule has 0 amide bonds. The highest BCUT2D eigenvalue weighted by Gasteiger charge is 2.66. The summed E-state index contributed by atoms with van der Waals surface area (Å²) in [5.41, 5.74) is 0.443. The Kier molecular flexibility index (Phi) is 3.40. The fourth-order valence-corrected chi connectivity index (χ4v) is 5.27. The predicted octanol–water partition coefficient (Wildman–Crippen LogP) is 2.25. The second-order valence-corrected chi connectivity index (χ2v) is 7.69. The maximum Gasteiger partial charge on any atom is 0.193 e. The van der Waals surface area contributed by atoms with Crippen LogP contribution in [0.2, 0.25) is 0 Å². The number of piperidine rings is 1. The summed E-state index contributed by atoms with van der Waals surface area (Å²) in [6.45, 7) is 5.64. The molecule has 2 aliphatic heterocycles. The molecule has 4 unspecified atom stereocenters. The molecule has 118 valence electrons. The van der Waals surface area contributed by atoms with E-state index in [0.717, 1.165) is 37.5 Å². The molecule has 4 atom stereocenters. The third-order valence-corrected chi connectivity index (χ3v) is 6.49. The van der Waals surface area contributed by atoms with Crippen molar-refractivity contribution >= 4 is 5.96 Å². The minimum absolute atomic E-state index is 0.443. The van der Waals surface area contributed by atoms with E-state index in [9.17, 15) is 0 Å². The molecular weight excluding hydrogens is 262 g/mol. The molecule has 1 N–H and O–H groups in total. The normalized spacial score (nSPS) is 41.4. The first-order valence-electron chi connectivity index (χ1n) is 8.84. The quantitative estimate of drug-likeness (QED) is 0.595. The van der Waals surface area contributed by atoms with Crippen LogP contribution in [0.1, 0.15) is 45.4 Å². The van der Waals surface area contributed by atoms with E-state index in [1.165, 1.54) is 38.5 Å². The molecule has 1 spiro atoms. The van der Waals surface area contributed by atoms with E-state index in [4.69, 9.17) is 4.74 Å². The second kappa shape index (κ2) is 5.15. The van der Waals surface area contributed by atoms with Crippen LogP contribution in [0, 0.1) is 17.3 Å². The molecule has 21 heavy (non-hydrogen) atoms. The number of guanidine groups is 1. The van der Waals surface area contributed by atoms with Gasteiger partial charge in [-0.1, -0.05) is 13.3 Å². The van der Waals surface area contributed by atoms with Crippen molar-refractivity contribution in [3.8, 4) is 0 Å². The van der Waals surface area contributed by atoms with E-state index < -0.39 is 0 Å². The minimum atomic E-state index is 0.443. The standard InChI is InChI=1S/C17H29N3O/c1-12-5-3-9-20(11-12)16(18-2)19-14-13-6-10-21-15(13)17(14)7-4-8-17/h12-15H,3-11H2,1-2H3,(H,18,19). The van der Waals surface area contributed by atoms with Crippen LogP contribution < -0.4 is 5.32 Å². The lowest BCUT2D eigenvalue weighted by atomic mass is 9.46. The summed E-state index contributed by atoms with van der Waals surface area (Å²) in [5, 5.41) is 3.85. The van der Waals surface area contributed by atoms with Crippen LogP contribution >= 0.6 is 0 Å². The summed E-state index contributed by atoms with van der Waals surface area (Å²) in [6.07, 6.45) is 8.51. The summed E-state index contributed by atoms with van der Waals surface area (Å²) < 4.78 is 6.02. The molecule has 0 aromatic heterocycles. The molecule has 0 bridgehead atoms. The van der Waals surface area contributed by atoms with Crippen LogP contribution in [0.25, 0.3) is 0 Å². The van der Waals surface area contributed by atoms with Crippen LogP contribution in [0.3, 0.4) is 0 Å². The third-order valence-electron chi connectivity index (χ3n) is 6.49. The van der Waals surface area contributed by atoms with Crippen LogP contribution in [-0.4, -0.2) is 49.7 Å². The second-order valence-electron chi connectivity index (χ2n) is 7.69. The van der Waals surface area contributed by atoms with Gasteiger partial charge in [0.2, 0.25) is 0 Å². The number of rotatable bonds is 1. The molecule has 0 aromatic carbocycles. The molecule has 2 saturated carbocycles. The van der Waals surface area contributed by atoms with Crippen molar-refractivity contribution in [2.45, 2.75) is 57.6 Å². The van der Waals surface area contributed by atoms with Crippen molar-refractivity contribution in [1.29, 1.82) is 0 Å². The van der Waals surface area contributed by atoms with E-state index >= 15 is 0 Å². The van der Waals surface area contributed by atoms with Gasteiger partial charge in [0.15, 0.2) is 5.96 Å². The zero-order valence-electron chi connectivity index (χ0n) is 13.5. The van der Waals surface area contributed by atoms with Gasteiger partial charge < -0.3 is 15.0 Å². The zero-order valence-corrected chi connectivity index (χ0v) is 13.5. The monoisotopic (exact) mass is 291 g/mol. The van der Waals surface area contributed by atoms with E-state index in [1.54, 1.807) is 0 Å². The van der Waals surface area contributed by atoms with Crippen LogP contribution in [0.15, 0.2) is 4.99 Å². The lowest BCUT2D eigenvalue weighted by molar-refractivity contribution is -0.171. The number of ether oxygens (including phenoxy) is 1. The Morgan fingerprint density at radius 1 is 1.29 bits per heavy atom. The highest BCUT2D eigenvalue weighted by Crippen LogP contribution is 2.62. The lowest BCUT2D eigenvalue weighted by Gasteiger charge is -2.63. The molecular formula is C17H29N3O. The highest BCUT2D eigenvalue weighted by atomic mass is 16.5. The average molecular weight is 291 g/mol. The summed E-state index contributed by atoms with van der Waals surface area (Å²) in [5.74, 6) is 2.66. The number of fused-ring (bicyclic) bond motifs is 2. The number of aliphatic imine (C=N–C) groups is 1. The maximum absolute atomic E-state index is 6.02. The summed E-state index contributed by atoms with van der Waals surface area (Å²) in [6, 6.07) is 0.606. The molecule has 2 aliphatic carbocycles. The summed E-state index contributed by atoms with van der Waals surface area (Å²) in [7, 11) is 1.94. The molecule has 0 aromatic rings. The summed E-state index contributed by atoms with van der Waals surface area (Å²) in [4.78, 5) is 7.07. The van der Waals surface area contributed by atoms with Crippen molar-refractivity contribution in [2.75, 3.05) is 26.7 Å². The highest BCUT2D eigenvalue weighted by molar-refractivity contribution is 5.80. The molecule has 2 saturated heterocycles. The number of likely N-dealkylation sites (tertiary alicyclic amines) is 1. The largest absolute Gasteiger partial charge is 0.377 e. The van der Waals surface area contributed by atoms with E-state index in [0.29, 0.717) is 17.6 Å². The van der Waals surface area contributed by atoms with Gasteiger partial charge in [-0.3, -0.25) is 4.99 Å². The molecule has 4 rings (SSSR count). The van der Waals surface area contributed by atoms with Gasteiger partial charge in [-0.05, 0) is 38.0 Å². The van der Waals surface area contributed by atoms with Crippen molar-refractivity contribution in [3.63, 3.8) is 0 Å². The summed E-state index contributed by atoms with van der Waals surface area (Å²) >= 11 is 0. The maximum atomic E-state index is 6.02. The minimum Gasteiger partial charge on any atom is -0.377 e. The van der Waals surface area contributed by atoms with Gasteiger partial charge >= 0.3 is 0 Å². The van der Waals surface area contributed by atoms with Crippen molar-refractivity contribution in [3.05, 3.63) is 0 Å². The van der Waals surface area contributed by atoms with Gasteiger partial charge in [0, 0.05) is 44.1 Å². The van der Waals surface area contributed by atoms with E-state index in [2.05, 4.69) is 22.1 Å². The molecule has 4 fully saturated rings. The number of hydrogen-bond donors (Lipinski definition) is 1. The Morgan fingerprint density at radius 3 is 2.81 bits per heavy atom. The smallest absolute Gasteiger partial charge is 0.193 e. The topological polar surface area (TPSA) is 36.9 Å². The zero-order chi connectivity index (χ0) is 14.4. The average Bonchev–Trinajstić information content (AvgIpc) is 2.83. The Labute approximate surface area is 128 Å². The Hall–Kier alpha value is -0.770.